The van der Waals surface area contributed by atoms with Crippen LogP contribution in [0.4, 0.5) is 0 Å². The van der Waals surface area contributed by atoms with Crippen molar-refractivity contribution >= 4 is 0 Å². The van der Waals surface area contributed by atoms with Gasteiger partial charge in [0.2, 0.25) is 0 Å². The second kappa shape index (κ2) is 10.9. The summed E-state index contributed by atoms with van der Waals surface area (Å²) in [6.07, 6.45) is 18.9. The van der Waals surface area contributed by atoms with Crippen molar-refractivity contribution < 1.29 is 4.74 Å². The Balaban J connectivity index is 1.42. The van der Waals surface area contributed by atoms with Crippen LogP contribution < -0.4 is 0 Å². The van der Waals surface area contributed by atoms with Gasteiger partial charge in [-0.05, 0) is 99.5 Å². The highest BCUT2D eigenvalue weighted by Crippen LogP contribution is 2.44. The van der Waals surface area contributed by atoms with Crippen LogP contribution in [0, 0.1) is 17.8 Å². The average Bonchev–Trinajstić information content (AvgIpc) is 2.73. The highest BCUT2D eigenvalue weighted by Gasteiger charge is 2.30. The lowest BCUT2D eigenvalue weighted by atomic mass is 9.68. The maximum Gasteiger partial charge on any atom is 0.0721 e. The van der Waals surface area contributed by atoms with E-state index >= 15 is 0 Å². The zero-order valence-electron chi connectivity index (χ0n) is 17.2. The number of allylic oxidation sites excluding steroid dienone is 2. The summed E-state index contributed by atoms with van der Waals surface area (Å²) in [5.74, 6) is 3.70. The molecule has 1 nitrogen and oxygen atoms in total. The first kappa shape index (κ1) is 20.4. The van der Waals surface area contributed by atoms with Crippen LogP contribution in [0.15, 0.2) is 49.1 Å². The molecule has 0 radical (unpaired) electrons. The van der Waals surface area contributed by atoms with E-state index in [0.717, 1.165) is 23.7 Å². The zero-order valence-corrected chi connectivity index (χ0v) is 17.2. The van der Waals surface area contributed by atoms with Crippen molar-refractivity contribution in [2.45, 2.75) is 77.2 Å². The van der Waals surface area contributed by atoms with Crippen LogP contribution >= 0.6 is 0 Å². The van der Waals surface area contributed by atoms with E-state index in [4.69, 9.17) is 4.74 Å². The first-order chi connectivity index (χ1) is 13.3. The lowest BCUT2D eigenvalue weighted by Gasteiger charge is -2.38. The van der Waals surface area contributed by atoms with E-state index in [-0.39, 0.29) is 0 Å². The monoisotopic (exact) mass is 366 g/mol. The van der Waals surface area contributed by atoms with Crippen LogP contribution in [-0.2, 0) is 11.3 Å². The fraction of sp³-hybridized carbons (Fsp3) is 0.615. The summed E-state index contributed by atoms with van der Waals surface area (Å²) in [5.41, 5.74) is 2.83. The van der Waals surface area contributed by atoms with Crippen LogP contribution in [0.1, 0.15) is 81.8 Å². The van der Waals surface area contributed by atoms with E-state index in [1.165, 1.54) is 63.4 Å². The molecule has 2 aliphatic rings. The number of hydrogen-bond donors (Lipinski definition) is 0. The lowest BCUT2D eigenvalue weighted by molar-refractivity contribution is 0.148. The fourth-order valence-electron chi connectivity index (χ4n) is 5.28. The van der Waals surface area contributed by atoms with E-state index in [9.17, 15) is 0 Å². The SMILES string of the molecule is C=CC[C@H]1CC[C@H](C2CCC(c3ccc(COC/C=C/C)cc3)CC2)CC1. The molecule has 1 aromatic rings. The van der Waals surface area contributed by atoms with Crippen LogP contribution in [0.2, 0.25) is 0 Å². The Bertz CT molecular complexity index is 569. The van der Waals surface area contributed by atoms with Crippen molar-refractivity contribution in [2.75, 3.05) is 6.61 Å². The number of rotatable bonds is 8. The van der Waals surface area contributed by atoms with E-state index in [2.05, 4.69) is 43.0 Å². The molecule has 2 fully saturated rings. The highest BCUT2D eigenvalue weighted by molar-refractivity contribution is 5.25. The fourth-order valence-corrected chi connectivity index (χ4v) is 5.28. The van der Waals surface area contributed by atoms with Crippen LogP contribution in [0.5, 0.6) is 0 Å². The van der Waals surface area contributed by atoms with Crippen molar-refractivity contribution in [3.63, 3.8) is 0 Å². The Morgan fingerprint density at radius 2 is 1.56 bits per heavy atom. The van der Waals surface area contributed by atoms with Crippen molar-refractivity contribution in [1.29, 1.82) is 0 Å². The van der Waals surface area contributed by atoms with Gasteiger partial charge in [0.05, 0.1) is 13.2 Å². The van der Waals surface area contributed by atoms with Crippen molar-refractivity contribution in [1.82, 2.24) is 0 Å². The number of ether oxygens (including phenoxy) is 1. The van der Waals surface area contributed by atoms with Gasteiger partial charge in [0.25, 0.3) is 0 Å². The summed E-state index contributed by atoms with van der Waals surface area (Å²) in [6.45, 7) is 7.37. The second-order valence-electron chi connectivity index (χ2n) is 8.74. The second-order valence-corrected chi connectivity index (χ2v) is 8.74. The molecule has 0 N–H and O–H groups in total. The summed E-state index contributed by atoms with van der Waals surface area (Å²) >= 11 is 0. The highest BCUT2D eigenvalue weighted by atomic mass is 16.5. The topological polar surface area (TPSA) is 9.23 Å². The van der Waals surface area contributed by atoms with Gasteiger partial charge in [-0.3, -0.25) is 0 Å². The van der Waals surface area contributed by atoms with Gasteiger partial charge in [-0.15, -0.1) is 6.58 Å². The minimum atomic E-state index is 0.706. The summed E-state index contributed by atoms with van der Waals surface area (Å²) in [7, 11) is 0. The van der Waals surface area contributed by atoms with Gasteiger partial charge < -0.3 is 4.74 Å². The molecule has 0 spiro atoms. The number of hydrogen-bond acceptors (Lipinski definition) is 1. The molecular formula is C26H38O. The quantitative estimate of drug-likeness (QED) is 0.343. The Morgan fingerprint density at radius 3 is 2.15 bits per heavy atom. The molecule has 0 saturated heterocycles. The van der Waals surface area contributed by atoms with Crippen molar-refractivity contribution in [3.8, 4) is 0 Å². The molecule has 2 saturated carbocycles. The zero-order chi connectivity index (χ0) is 18.9. The number of benzene rings is 1. The molecule has 0 bridgehead atoms. The first-order valence-electron chi connectivity index (χ1n) is 11.2. The average molecular weight is 367 g/mol. The van der Waals surface area contributed by atoms with Gasteiger partial charge in [0.15, 0.2) is 0 Å². The lowest BCUT2D eigenvalue weighted by Crippen LogP contribution is -2.25. The van der Waals surface area contributed by atoms with Crippen LogP contribution in [-0.4, -0.2) is 6.61 Å². The minimum absolute atomic E-state index is 0.706. The van der Waals surface area contributed by atoms with E-state index in [1.807, 2.05) is 13.0 Å². The van der Waals surface area contributed by atoms with E-state index in [0.29, 0.717) is 13.2 Å². The predicted octanol–water partition coefficient (Wildman–Crippen LogP) is 7.44. The summed E-state index contributed by atoms with van der Waals surface area (Å²) in [4.78, 5) is 0. The Hall–Kier alpha value is -1.34. The molecule has 1 aromatic carbocycles. The molecular weight excluding hydrogens is 328 g/mol. The Kier molecular flexibility index (Phi) is 8.20. The predicted molar refractivity (Wildman–Crippen MR) is 116 cm³/mol. The smallest absolute Gasteiger partial charge is 0.0721 e. The molecule has 0 unspecified atom stereocenters. The van der Waals surface area contributed by atoms with E-state index in [1.54, 1.807) is 5.56 Å². The molecule has 148 valence electrons. The third kappa shape index (κ3) is 6.07. The maximum absolute atomic E-state index is 5.66. The molecule has 0 atom stereocenters. The van der Waals surface area contributed by atoms with Gasteiger partial charge in [-0.1, -0.05) is 42.5 Å². The van der Waals surface area contributed by atoms with Gasteiger partial charge in [-0.25, -0.2) is 0 Å². The molecule has 0 heterocycles. The molecule has 0 aliphatic heterocycles. The van der Waals surface area contributed by atoms with Crippen LogP contribution in [0.25, 0.3) is 0 Å². The molecule has 27 heavy (non-hydrogen) atoms. The molecule has 1 heteroatoms. The third-order valence-electron chi connectivity index (χ3n) is 7.00. The van der Waals surface area contributed by atoms with Crippen molar-refractivity contribution in [3.05, 3.63) is 60.2 Å². The largest absolute Gasteiger partial charge is 0.373 e. The molecule has 0 aromatic heterocycles. The summed E-state index contributed by atoms with van der Waals surface area (Å²) in [6, 6.07) is 9.22. The van der Waals surface area contributed by atoms with Gasteiger partial charge >= 0.3 is 0 Å². The first-order valence-corrected chi connectivity index (χ1v) is 11.2. The molecule has 2 aliphatic carbocycles. The van der Waals surface area contributed by atoms with Gasteiger partial charge in [-0.2, -0.15) is 0 Å². The van der Waals surface area contributed by atoms with E-state index < -0.39 is 0 Å². The summed E-state index contributed by atoms with van der Waals surface area (Å²) < 4.78 is 5.66. The van der Waals surface area contributed by atoms with Gasteiger partial charge in [0, 0.05) is 0 Å². The van der Waals surface area contributed by atoms with Gasteiger partial charge in [0.1, 0.15) is 0 Å². The van der Waals surface area contributed by atoms with Crippen LogP contribution in [0.3, 0.4) is 0 Å². The maximum atomic E-state index is 5.66. The Morgan fingerprint density at radius 1 is 0.926 bits per heavy atom. The summed E-state index contributed by atoms with van der Waals surface area (Å²) in [5, 5.41) is 0. The molecule has 0 amide bonds. The van der Waals surface area contributed by atoms with Crippen molar-refractivity contribution in [2.24, 2.45) is 17.8 Å². The third-order valence-corrected chi connectivity index (χ3v) is 7.00. The standard InChI is InChI=1S/C26H38O/c1-3-5-19-27-20-22-9-13-24(14-10-22)26-17-15-25(16-18-26)23-11-7-21(6-4-2)8-12-23/h3-5,9-10,13-14,21,23,25-26H,2,6-8,11-12,15-20H2,1H3/b5-3+/t21-,23-,25?,26?. The normalized spacial score (nSPS) is 29.1. The Labute approximate surface area is 166 Å². The molecule has 3 rings (SSSR count). The minimum Gasteiger partial charge on any atom is -0.373 e.